The van der Waals surface area contributed by atoms with Crippen molar-refractivity contribution in [2.24, 2.45) is 0 Å². The van der Waals surface area contributed by atoms with Crippen LogP contribution in [0.15, 0.2) is 24.3 Å². The van der Waals surface area contributed by atoms with Crippen LogP contribution in [0, 0.1) is 5.82 Å². The Hall–Kier alpha value is -1.91. The van der Waals surface area contributed by atoms with Gasteiger partial charge in [0.1, 0.15) is 5.82 Å². The van der Waals surface area contributed by atoms with Crippen LogP contribution in [-0.2, 0) is 14.3 Å². The molecule has 1 aliphatic heterocycles. The van der Waals surface area contributed by atoms with Gasteiger partial charge >= 0.3 is 5.97 Å². The smallest absolute Gasteiger partial charge is 0.305 e. The molecule has 120 valence electrons. The van der Waals surface area contributed by atoms with E-state index < -0.39 is 0 Å². The lowest BCUT2D eigenvalue weighted by Crippen LogP contribution is -2.33. The van der Waals surface area contributed by atoms with Crippen molar-refractivity contribution in [3.8, 4) is 0 Å². The number of esters is 1. The minimum atomic E-state index is -0.286. The Morgan fingerprint density at radius 3 is 2.59 bits per heavy atom. The highest BCUT2D eigenvalue weighted by Crippen LogP contribution is 2.32. The van der Waals surface area contributed by atoms with Gasteiger partial charge in [0, 0.05) is 31.3 Å². The van der Waals surface area contributed by atoms with Gasteiger partial charge in [0.15, 0.2) is 0 Å². The van der Waals surface area contributed by atoms with Crippen molar-refractivity contribution < 1.29 is 18.7 Å². The first-order valence-corrected chi connectivity index (χ1v) is 7.63. The van der Waals surface area contributed by atoms with E-state index in [9.17, 15) is 14.0 Å². The number of rotatable bonds is 5. The number of carbonyl (C=O) groups excluding carboxylic acids is 2. The van der Waals surface area contributed by atoms with Crippen LogP contribution in [0.25, 0.3) is 0 Å². The zero-order chi connectivity index (χ0) is 16.1. The Bertz CT molecular complexity index is 529. The normalized spacial score (nSPS) is 21.0. The molecule has 0 spiro atoms. The van der Waals surface area contributed by atoms with Crippen LogP contribution in [0.4, 0.5) is 4.39 Å². The second-order valence-electron chi connectivity index (χ2n) is 5.81. The van der Waals surface area contributed by atoms with Crippen molar-refractivity contribution in [3.63, 3.8) is 0 Å². The minimum Gasteiger partial charge on any atom is -0.469 e. The van der Waals surface area contributed by atoms with Crippen molar-refractivity contribution in [1.29, 1.82) is 0 Å². The molecule has 1 aromatic carbocycles. The predicted molar refractivity (Wildman–Crippen MR) is 80.8 cm³/mol. The predicted octanol–water partition coefficient (Wildman–Crippen LogP) is 2.87. The minimum absolute atomic E-state index is 0.0704. The fourth-order valence-corrected chi connectivity index (χ4v) is 2.98. The molecular formula is C17H22FNO3. The number of ether oxygens (including phenoxy) is 1. The quantitative estimate of drug-likeness (QED) is 0.786. The lowest BCUT2D eigenvalue weighted by Gasteiger charge is -2.21. The van der Waals surface area contributed by atoms with Gasteiger partial charge in [0.2, 0.25) is 5.91 Å². The van der Waals surface area contributed by atoms with Gasteiger partial charge in [-0.3, -0.25) is 9.59 Å². The summed E-state index contributed by atoms with van der Waals surface area (Å²) in [7, 11) is 1.35. The average Bonchev–Trinajstić information content (AvgIpc) is 2.89. The largest absolute Gasteiger partial charge is 0.469 e. The topological polar surface area (TPSA) is 46.6 Å². The molecule has 0 bridgehead atoms. The molecule has 0 radical (unpaired) electrons. The van der Waals surface area contributed by atoms with Crippen LogP contribution in [0.5, 0.6) is 0 Å². The summed E-state index contributed by atoms with van der Waals surface area (Å²) in [6.45, 7) is 2.69. The van der Waals surface area contributed by atoms with Gasteiger partial charge in [-0.2, -0.15) is 0 Å². The molecule has 1 fully saturated rings. The van der Waals surface area contributed by atoms with Gasteiger partial charge in [-0.1, -0.05) is 12.1 Å². The van der Waals surface area contributed by atoms with E-state index in [1.165, 1.54) is 19.2 Å². The highest BCUT2D eigenvalue weighted by atomic mass is 19.1. The van der Waals surface area contributed by atoms with Crippen molar-refractivity contribution in [2.45, 2.75) is 44.6 Å². The number of hydrogen-bond acceptors (Lipinski definition) is 3. The summed E-state index contributed by atoms with van der Waals surface area (Å²) >= 11 is 0. The molecule has 5 heteroatoms. The first kappa shape index (κ1) is 16.5. The Kier molecular flexibility index (Phi) is 5.52. The molecule has 22 heavy (non-hydrogen) atoms. The molecule has 0 N–H and O–H groups in total. The fourth-order valence-electron chi connectivity index (χ4n) is 2.98. The maximum atomic E-state index is 13.0. The second kappa shape index (κ2) is 7.38. The van der Waals surface area contributed by atoms with E-state index in [-0.39, 0.29) is 36.1 Å². The van der Waals surface area contributed by atoms with Crippen molar-refractivity contribution >= 4 is 11.9 Å². The maximum Gasteiger partial charge on any atom is 0.305 e. The zero-order valence-corrected chi connectivity index (χ0v) is 13.0. The SMILES string of the molecule is COC(=O)CCCC(=O)N1C[C@H](c2ccc(F)cc2)C[C@@H]1C. The van der Waals surface area contributed by atoms with Crippen LogP contribution in [-0.4, -0.2) is 36.5 Å². The van der Waals surface area contributed by atoms with Gasteiger partial charge in [-0.15, -0.1) is 0 Å². The highest BCUT2D eigenvalue weighted by Gasteiger charge is 2.32. The van der Waals surface area contributed by atoms with E-state index in [0.29, 0.717) is 19.4 Å². The molecule has 2 rings (SSSR count). The van der Waals surface area contributed by atoms with Crippen LogP contribution < -0.4 is 0 Å². The number of carbonyl (C=O) groups is 2. The number of benzene rings is 1. The molecule has 2 atom stereocenters. The summed E-state index contributed by atoms with van der Waals surface area (Å²) in [5.74, 6) is -0.210. The maximum absolute atomic E-state index is 13.0. The number of amides is 1. The molecular weight excluding hydrogens is 285 g/mol. The van der Waals surface area contributed by atoms with E-state index in [2.05, 4.69) is 4.74 Å². The first-order valence-electron chi connectivity index (χ1n) is 7.63. The number of methoxy groups -OCH3 is 1. The van der Waals surface area contributed by atoms with Gasteiger partial charge in [-0.05, 0) is 37.5 Å². The van der Waals surface area contributed by atoms with Crippen LogP contribution in [0.1, 0.15) is 44.1 Å². The summed E-state index contributed by atoms with van der Waals surface area (Å²) in [6, 6.07) is 6.66. The van der Waals surface area contributed by atoms with Crippen molar-refractivity contribution in [1.82, 2.24) is 4.90 Å². The number of hydrogen-bond donors (Lipinski definition) is 0. The Morgan fingerprint density at radius 2 is 1.95 bits per heavy atom. The van der Waals surface area contributed by atoms with Crippen LogP contribution in [0.3, 0.4) is 0 Å². The summed E-state index contributed by atoms with van der Waals surface area (Å²) in [6.07, 6.45) is 2.02. The molecule has 1 aliphatic rings. The van der Waals surface area contributed by atoms with E-state index in [1.807, 2.05) is 11.8 Å². The molecule has 0 saturated carbocycles. The van der Waals surface area contributed by atoms with Crippen LogP contribution in [0.2, 0.25) is 0 Å². The standard InChI is InChI=1S/C17H22FNO3/c1-12-10-14(13-6-8-15(18)9-7-13)11-19(12)16(20)4-3-5-17(21)22-2/h6-9,12,14H,3-5,10-11H2,1-2H3/t12-,14+/m0/s1. The molecule has 0 unspecified atom stereocenters. The molecule has 1 amide bonds. The second-order valence-corrected chi connectivity index (χ2v) is 5.81. The Labute approximate surface area is 130 Å². The van der Waals surface area contributed by atoms with Gasteiger partial charge in [-0.25, -0.2) is 4.39 Å². The number of likely N-dealkylation sites (tertiary alicyclic amines) is 1. The lowest BCUT2D eigenvalue weighted by atomic mass is 9.97. The van der Waals surface area contributed by atoms with E-state index in [4.69, 9.17) is 0 Å². The van der Waals surface area contributed by atoms with E-state index in [1.54, 1.807) is 12.1 Å². The third kappa shape index (κ3) is 4.06. The first-order chi connectivity index (χ1) is 10.5. The lowest BCUT2D eigenvalue weighted by molar-refractivity contribution is -0.140. The van der Waals surface area contributed by atoms with Gasteiger partial charge < -0.3 is 9.64 Å². The van der Waals surface area contributed by atoms with E-state index >= 15 is 0 Å². The van der Waals surface area contributed by atoms with Gasteiger partial charge in [0.25, 0.3) is 0 Å². The van der Waals surface area contributed by atoms with Gasteiger partial charge in [0.05, 0.1) is 7.11 Å². The fraction of sp³-hybridized carbons (Fsp3) is 0.529. The summed E-state index contributed by atoms with van der Waals surface area (Å²) in [5.41, 5.74) is 1.07. The Morgan fingerprint density at radius 1 is 1.27 bits per heavy atom. The average molecular weight is 307 g/mol. The van der Waals surface area contributed by atoms with Crippen molar-refractivity contribution in [3.05, 3.63) is 35.6 Å². The molecule has 4 nitrogen and oxygen atoms in total. The number of halogens is 1. The third-order valence-electron chi connectivity index (χ3n) is 4.24. The molecule has 1 heterocycles. The zero-order valence-electron chi connectivity index (χ0n) is 13.0. The summed E-state index contributed by atoms with van der Waals surface area (Å²) in [4.78, 5) is 25.2. The van der Waals surface area contributed by atoms with E-state index in [0.717, 1.165) is 12.0 Å². The molecule has 0 aliphatic carbocycles. The highest BCUT2D eigenvalue weighted by molar-refractivity contribution is 5.78. The van der Waals surface area contributed by atoms with Crippen LogP contribution >= 0.6 is 0 Å². The molecule has 1 aromatic rings. The molecule has 0 aromatic heterocycles. The summed E-state index contributed by atoms with van der Waals surface area (Å²) < 4.78 is 17.6. The number of nitrogens with zero attached hydrogens (tertiary/aromatic N) is 1. The monoisotopic (exact) mass is 307 g/mol. The Balaban J connectivity index is 1.88. The van der Waals surface area contributed by atoms with Crippen molar-refractivity contribution in [2.75, 3.05) is 13.7 Å². The molecule has 1 saturated heterocycles. The summed E-state index contributed by atoms with van der Waals surface area (Å²) in [5, 5.41) is 0. The third-order valence-corrected chi connectivity index (χ3v) is 4.24.